The second kappa shape index (κ2) is 12.6. The SMILES string of the molecule is CCOc1cc(C=Nn2c(C3CCCCC3)nc3ccc(Br)cc3c2=O)cc(I)c1OCc1ccccc1F. The zero-order valence-electron chi connectivity index (χ0n) is 21.5. The first-order valence-electron chi connectivity index (χ1n) is 13.0. The number of benzene rings is 3. The third-order valence-electron chi connectivity index (χ3n) is 6.79. The summed E-state index contributed by atoms with van der Waals surface area (Å²) in [5.41, 5.74) is 1.70. The van der Waals surface area contributed by atoms with E-state index >= 15 is 0 Å². The molecule has 1 aromatic heterocycles. The Balaban J connectivity index is 1.51. The molecule has 0 amide bonds. The van der Waals surface area contributed by atoms with Gasteiger partial charge in [0.1, 0.15) is 18.2 Å². The van der Waals surface area contributed by atoms with E-state index in [0.29, 0.717) is 40.4 Å². The van der Waals surface area contributed by atoms with Crippen LogP contribution < -0.4 is 15.0 Å². The Morgan fingerprint density at radius 1 is 1.13 bits per heavy atom. The molecular weight excluding hydrogens is 676 g/mol. The molecule has 1 aliphatic carbocycles. The van der Waals surface area contributed by atoms with Crippen LogP contribution in [0.1, 0.15) is 61.9 Å². The molecular formula is C30H28BrFIN3O3. The fraction of sp³-hybridized carbons (Fsp3) is 0.300. The van der Waals surface area contributed by atoms with Crippen LogP contribution in [0.25, 0.3) is 10.9 Å². The molecule has 1 heterocycles. The Bertz CT molecular complexity index is 1580. The van der Waals surface area contributed by atoms with Gasteiger partial charge >= 0.3 is 0 Å². The summed E-state index contributed by atoms with van der Waals surface area (Å²) in [5, 5.41) is 5.18. The second-order valence-electron chi connectivity index (χ2n) is 9.47. The van der Waals surface area contributed by atoms with E-state index in [9.17, 15) is 9.18 Å². The minimum absolute atomic E-state index is 0.0780. The summed E-state index contributed by atoms with van der Waals surface area (Å²) in [6.07, 6.45) is 7.08. The van der Waals surface area contributed by atoms with E-state index in [4.69, 9.17) is 14.5 Å². The van der Waals surface area contributed by atoms with Crippen LogP contribution in [0.2, 0.25) is 0 Å². The van der Waals surface area contributed by atoms with E-state index in [1.54, 1.807) is 30.5 Å². The van der Waals surface area contributed by atoms with Crippen molar-refractivity contribution in [2.75, 3.05) is 6.61 Å². The summed E-state index contributed by atoms with van der Waals surface area (Å²) < 4.78 is 29.1. The molecule has 202 valence electrons. The lowest BCUT2D eigenvalue weighted by Gasteiger charge is -2.22. The van der Waals surface area contributed by atoms with Gasteiger partial charge < -0.3 is 9.47 Å². The molecule has 6 nitrogen and oxygen atoms in total. The largest absolute Gasteiger partial charge is 0.490 e. The van der Waals surface area contributed by atoms with Gasteiger partial charge in [-0.2, -0.15) is 9.78 Å². The summed E-state index contributed by atoms with van der Waals surface area (Å²) in [7, 11) is 0. The molecule has 0 spiro atoms. The molecule has 5 rings (SSSR count). The lowest BCUT2D eigenvalue weighted by atomic mass is 9.88. The molecule has 0 N–H and O–H groups in total. The van der Waals surface area contributed by atoms with Crippen molar-refractivity contribution in [3.05, 3.63) is 95.8 Å². The maximum atomic E-state index is 14.1. The average molecular weight is 704 g/mol. The molecule has 0 radical (unpaired) electrons. The fourth-order valence-electron chi connectivity index (χ4n) is 4.86. The van der Waals surface area contributed by atoms with Crippen molar-refractivity contribution in [2.45, 2.75) is 51.6 Å². The summed E-state index contributed by atoms with van der Waals surface area (Å²) in [6, 6.07) is 15.8. The topological polar surface area (TPSA) is 65.7 Å². The Hall–Kier alpha value is -2.79. The fourth-order valence-corrected chi connectivity index (χ4v) is 6.00. The Morgan fingerprint density at radius 2 is 1.92 bits per heavy atom. The molecule has 4 aromatic rings. The second-order valence-corrected chi connectivity index (χ2v) is 11.5. The normalized spacial score (nSPS) is 14.3. The third-order valence-corrected chi connectivity index (χ3v) is 8.08. The van der Waals surface area contributed by atoms with Crippen LogP contribution in [0.15, 0.2) is 69.0 Å². The van der Waals surface area contributed by atoms with E-state index in [-0.39, 0.29) is 23.9 Å². The van der Waals surface area contributed by atoms with Crippen LogP contribution in [-0.2, 0) is 6.61 Å². The highest BCUT2D eigenvalue weighted by atomic mass is 127. The number of fused-ring (bicyclic) bond motifs is 1. The number of hydrogen-bond donors (Lipinski definition) is 0. The average Bonchev–Trinajstić information content (AvgIpc) is 2.94. The van der Waals surface area contributed by atoms with E-state index in [2.05, 4.69) is 43.6 Å². The molecule has 0 aliphatic heterocycles. The lowest BCUT2D eigenvalue weighted by molar-refractivity contribution is 0.264. The molecule has 9 heteroatoms. The number of aromatic nitrogens is 2. The standard InChI is InChI=1S/C30H28BrFIN3O3/c1-2-38-27-15-19(14-25(33)28(27)39-18-21-10-6-7-11-24(21)32)17-34-36-29(20-8-4-3-5-9-20)35-26-13-12-22(31)16-23(26)30(36)37/h6-7,10-17,20H,2-5,8-9,18H2,1H3. The van der Waals surface area contributed by atoms with Crippen molar-refractivity contribution in [1.29, 1.82) is 0 Å². The van der Waals surface area contributed by atoms with Gasteiger partial charge in [-0.1, -0.05) is 53.4 Å². The summed E-state index contributed by atoms with van der Waals surface area (Å²) >= 11 is 5.64. The van der Waals surface area contributed by atoms with Crippen LogP contribution in [0, 0.1) is 9.39 Å². The number of halogens is 3. The Morgan fingerprint density at radius 3 is 2.69 bits per heavy atom. The Labute approximate surface area is 248 Å². The van der Waals surface area contributed by atoms with Crippen molar-refractivity contribution < 1.29 is 13.9 Å². The molecule has 0 unspecified atom stereocenters. The highest BCUT2D eigenvalue weighted by Crippen LogP contribution is 2.35. The van der Waals surface area contributed by atoms with E-state index < -0.39 is 0 Å². The van der Waals surface area contributed by atoms with Crippen LogP contribution >= 0.6 is 38.5 Å². The van der Waals surface area contributed by atoms with Gasteiger partial charge in [0.15, 0.2) is 11.5 Å². The highest BCUT2D eigenvalue weighted by molar-refractivity contribution is 14.1. The lowest BCUT2D eigenvalue weighted by Crippen LogP contribution is -2.25. The maximum Gasteiger partial charge on any atom is 0.282 e. The first-order chi connectivity index (χ1) is 18.9. The molecule has 1 saturated carbocycles. The summed E-state index contributed by atoms with van der Waals surface area (Å²) in [5.74, 6) is 1.64. The third kappa shape index (κ3) is 6.35. The van der Waals surface area contributed by atoms with Crippen molar-refractivity contribution in [3.8, 4) is 11.5 Å². The van der Waals surface area contributed by atoms with Crippen molar-refractivity contribution in [3.63, 3.8) is 0 Å². The van der Waals surface area contributed by atoms with E-state index in [1.165, 1.54) is 17.2 Å². The monoisotopic (exact) mass is 703 g/mol. The number of hydrogen-bond acceptors (Lipinski definition) is 5. The van der Waals surface area contributed by atoms with Gasteiger partial charge in [-0.25, -0.2) is 9.37 Å². The van der Waals surface area contributed by atoms with Gasteiger partial charge in [-0.05, 0) is 84.3 Å². The maximum absolute atomic E-state index is 14.1. The molecule has 39 heavy (non-hydrogen) atoms. The first-order valence-corrected chi connectivity index (χ1v) is 14.9. The van der Waals surface area contributed by atoms with Gasteiger partial charge in [0.05, 0.1) is 27.3 Å². The van der Waals surface area contributed by atoms with Gasteiger partial charge in [0, 0.05) is 16.0 Å². The number of rotatable bonds is 8. The van der Waals surface area contributed by atoms with Gasteiger partial charge in [0.25, 0.3) is 5.56 Å². The van der Waals surface area contributed by atoms with Crippen LogP contribution in [0.4, 0.5) is 4.39 Å². The predicted molar refractivity (Wildman–Crippen MR) is 164 cm³/mol. The van der Waals surface area contributed by atoms with Crippen molar-refractivity contribution >= 4 is 55.6 Å². The molecule has 0 saturated heterocycles. The quantitative estimate of drug-likeness (QED) is 0.139. The molecule has 0 bridgehead atoms. The number of ether oxygens (including phenoxy) is 2. The van der Waals surface area contributed by atoms with Crippen molar-refractivity contribution in [2.24, 2.45) is 5.10 Å². The van der Waals surface area contributed by atoms with E-state index in [0.717, 1.165) is 39.3 Å². The smallest absolute Gasteiger partial charge is 0.282 e. The van der Waals surface area contributed by atoms with Gasteiger partial charge in [-0.3, -0.25) is 4.79 Å². The first kappa shape index (κ1) is 27.8. The number of nitrogens with zero attached hydrogens (tertiary/aromatic N) is 3. The molecule has 0 atom stereocenters. The minimum atomic E-state index is -0.315. The molecule has 3 aromatic carbocycles. The minimum Gasteiger partial charge on any atom is -0.490 e. The van der Waals surface area contributed by atoms with Crippen LogP contribution in [-0.4, -0.2) is 22.5 Å². The van der Waals surface area contributed by atoms with E-state index in [1.807, 2.05) is 31.2 Å². The molecule has 1 aliphatic rings. The van der Waals surface area contributed by atoms with Gasteiger partial charge in [0.2, 0.25) is 0 Å². The highest BCUT2D eigenvalue weighted by Gasteiger charge is 2.22. The zero-order valence-corrected chi connectivity index (χ0v) is 25.2. The van der Waals surface area contributed by atoms with Gasteiger partial charge in [-0.15, -0.1) is 0 Å². The Kier molecular flexibility index (Phi) is 8.96. The summed E-state index contributed by atoms with van der Waals surface area (Å²) in [6.45, 7) is 2.40. The predicted octanol–water partition coefficient (Wildman–Crippen LogP) is 7.81. The van der Waals surface area contributed by atoms with Crippen LogP contribution in [0.3, 0.4) is 0 Å². The van der Waals surface area contributed by atoms with Crippen molar-refractivity contribution in [1.82, 2.24) is 9.66 Å². The zero-order chi connectivity index (χ0) is 27.4. The summed E-state index contributed by atoms with van der Waals surface area (Å²) in [4.78, 5) is 18.5. The van der Waals surface area contributed by atoms with Crippen LogP contribution in [0.5, 0.6) is 11.5 Å². The molecule has 1 fully saturated rings.